The van der Waals surface area contributed by atoms with Crippen molar-refractivity contribution < 1.29 is 19.1 Å². The van der Waals surface area contributed by atoms with Crippen LogP contribution in [0.2, 0.25) is 0 Å². The van der Waals surface area contributed by atoms with Gasteiger partial charge < -0.3 is 20.1 Å². The summed E-state index contributed by atoms with van der Waals surface area (Å²) < 4.78 is 11.5. The molecule has 0 unspecified atom stereocenters. The Morgan fingerprint density at radius 1 is 0.742 bits per heavy atom. The first-order valence-corrected chi connectivity index (χ1v) is 10.8. The van der Waals surface area contributed by atoms with E-state index in [9.17, 15) is 9.59 Å². The van der Waals surface area contributed by atoms with E-state index in [0.29, 0.717) is 47.7 Å². The summed E-state index contributed by atoms with van der Waals surface area (Å²) >= 11 is 0. The van der Waals surface area contributed by atoms with Crippen molar-refractivity contribution >= 4 is 11.8 Å². The smallest absolute Gasteiger partial charge is 0.255 e. The maximum Gasteiger partial charge on any atom is 0.255 e. The molecule has 0 bridgehead atoms. The number of amides is 2. The molecule has 0 aliphatic heterocycles. The zero-order chi connectivity index (χ0) is 22.8. The highest BCUT2D eigenvalue weighted by atomic mass is 16.5. The molecule has 1 atom stereocenters. The van der Waals surface area contributed by atoms with Gasteiger partial charge in [-0.05, 0) is 43.0 Å². The second kappa shape index (κ2) is 12.0. The lowest BCUT2D eigenvalue weighted by Gasteiger charge is -2.18. The number of para-hydroxylation sites is 2. The van der Waals surface area contributed by atoms with Crippen LogP contribution in [-0.4, -0.2) is 37.6 Å². The molecule has 6 heteroatoms. The predicted octanol–water partition coefficient (Wildman–Crippen LogP) is 4.30. The second-order valence-electron chi connectivity index (χ2n) is 8.49. The van der Waals surface area contributed by atoms with E-state index in [1.807, 2.05) is 19.1 Å². The van der Waals surface area contributed by atoms with Crippen molar-refractivity contribution in [2.24, 2.45) is 11.8 Å². The van der Waals surface area contributed by atoms with Gasteiger partial charge in [-0.1, -0.05) is 52.0 Å². The van der Waals surface area contributed by atoms with Crippen LogP contribution in [0.5, 0.6) is 11.5 Å². The highest BCUT2D eigenvalue weighted by Crippen LogP contribution is 2.20. The summed E-state index contributed by atoms with van der Waals surface area (Å²) in [6, 6.07) is 14.1. The Morgan fingerprint density at radius 2 is 1.19 bits per heavy atom. The van der Waals surface area contributed by atoms with Crippen molar-refractivity contribution in [3.63, 3.8) is 0 Å². The van der Waals surface area contributed by atoms with Crippen LogP contribution in [-0.2, 0) is 0 Å². The van der Waals surface area contributed by atoms with Crippen molar-refractivity contribution in [1.82, 2.24) is 10.6 Å². The Hall–Kier alpha value is -3.02. The summed E-state index contributed by atoms with van der Waals surface area (Å²) in [6.07, 6.45) is 0. The van der Waals surface area contributed by atoms with Gasteiger partial charge in [-0.2, -0.15) is 0 Å². The lowest BCUT2D eigenvalue weighted by Crippen LogP contribution is -2.42. The van der Waals surface area contributed by atoms with E-state index < -0.39 is 0 Å². The Morgan fingerprint density at radius 3 is 1.68 bits per heavy atom. The van der Waals surface area contributed by atoms with E-state index in [0.717, 1.165) is 0 Å². The first kappa shape index (κ1) is 24.3. The number of ether oxygens (including phenoxy) is 2. The molecule has 6 nitrogen and oxygen atoms in total. The monoisotopic (exact) mass is 426 g/mol. The first-order chi connectivity index (χ1) is 14.8. The van der Waals surface area contributed by atoms with Crippen molar-refractivity contribution in [3.05, 3.63) is 59.7 Å². The molecule has 168 valence electrons. The molecular weight excluding hydrogens is 392 g/mol. The minimum atomic E-state index is -0.265. The fourth-order valence-corrected chi connectivity index (χ4v) is 2.77. The van der Waals surface area contributed by atoms with Gasteiger partial charge in [0.1, 0.15) is 11.5 Å². The van der Waals surface area contributed by atoms with Crippen LogP contribution < -0.4 is 20.1 Å². The topological polar surface area (TPSA) is 76.7 Å². The zero-order valence-electron chi connectivity index (χ0n) is 19.1. The van der Waals surface area contributed by atoms with Crippen LogP contribution in [0.1, 0.15) is 55.3 Å². The Bertz CT molecular complexity index is 864. The Balaban J connectivity index is 1.93. The van der Waals surface area contributed by atoms with E-state index >= 15 is 0 Å². The molecule has 0 aliphatic carbocycles. The third-order valence-corrected chi connectivity index (χ3v) is 4.35. The molecule has 0 spiro atoms. The van der Waals surface area contributed by atoms with Crippen LogP contribution in [0, 0.1) is 11.8 Å². The predicted molar refractivity (Wildman–Crippen MR) is 123 cm³/mol. The fraction of sp³-hybridized carbons (Fsp3) is 0.440. The number of carbonyl (C=O) groups is 2. The van der Waals surface area contributed by atoms with Crippen molar-refractivity contribution in [3.8, 4) is 11.5 Å². The van der Waals surface area contributed by atoms with E-state index in [4.69, 9.17) is 9.47 Å². The fourth-order valence-electron chi connectivity index (χ4n) is 2.77. The summed E-state index contributed by atoms with van der Waals surface area (Å²) in [5.41, 5.74) is 0.961. The number of benzene rings is 2. The van der Waals surface area contributed by atoms with E-state index in [2.05, 4.69) is 38.3 Å². The summed E-state index contributed by atoms with van der Waals surface area (Å²) in [4.78, 5) is 25.4. The summed E-state index contributed by atoms with van der Waals surface area (Å²) in [7, 11) is 0. The molecule has 2 N–H and O–H groups in total. The van der Waals surface area contributed by atoms with Crippen molar-refractivity contribution in [2.45, 2.75) is 40.7 Å². The normalized spacial score (nSPS) is 11.8. The molecule has 31 heavy (non-hydrogen) atoms. The molecular formula is C25H34N2O4. The average Bonchev–Trinajstić information content (AvgIpc) is 2.74. The largest absolute Gasteiger partial charge is 0.492 e. The number of hydrogen-bond acceptors (Lipinski definition) is 4. The summed E-state index contributed by atoms with van der Waals surface area (Å²) in [5.74, 6) is 1.36. The van der Waals surface area contributed by atoms with Crippen LogP contribution in [0.15, 0.2) is 48.5 Å². The number of carbonyl (C=O) groups excluding carboxylic acids is 2. The second-order valence-corrected chi connectivity index (χ2v) is 8.49. The van der Waals surface area contributed by atoms with Gasteiger partial charge >= 0.3 is 0 Å². The molecule has 2 aromatic carbocycles. The summed E-state index contributed by atoms with van der Waals surface area (Å²) in [5, 5.41) is 5.79. The number of nitrogens with one attached hydrogen (secondary N) is 2. The van der Waals surface area contributed by atoms with Crippen LogP contribution in [0.4, 0.5) is 0 Å². The molecule has 0 heterocycles. The van der Waals surface area contributed by atoms with Gasteiger partial charge in [0.2, 0.25) is 0 Å². The van der Waals surface area contributed by atoms with Gasteiger partial charge in [0.05, 0.1) is 24.3 Å². The van der Waals surface area contributed by atoms with E-state index in [-0.39, 0.29) is 24.4 Å². The Labute approximate surface area is 185 Å². The molecule has 0 saturated heterocycles. The van der Waals surface area contributed by atoms with E-state index in [1.54, 1.807) is 36.4 Å². The Kier molecular flexibility index (Phi) is 9.38. The van der Waals surface area contributed by atoms with Gasteiger partial charge in [-0.15, -0.1) is 0 Å². The molecule has 0 saturated carbocycles. The van der Waals surface area contributed by atoms with E-state index in [1.165, 1.54) is 0 Å². The lowest BCUT2D eigenvalue weighted by atomic mass is 10.1. The van der Waals surface area contributed by atoms with Gasteiger partial charge in [0, 0.05) is 12.6 Å². The van der Waals surface area contributed by atoms with Gasteiger partial charge in [-0.25, -0.2) is 0 Å². The minimum absolute atomic E-state index is 0.234. The maximum atomic E-state index is 12.7. The maximum absolute atomic E-state index is 12.7. The SMILES string of the molecule is CC(C)COc1ccccc1C(=O)NC[C@H](C)NC(=O)c1ccccc1OCC(C)C. The first-order valence-electron chi connectivity index (χ1n) is 10.8. The highest BCUT2D eigenvalue weighted by molar-refractivity contribution is 5.98. The van der Waals surface area contributed by atoms with Crippen LogP contribution >= 0.6 is 0 Å². The van der Waals surface area contributed by atoms with Crippen LogP contribution in [0.3, 0.4) is 0 Å². The molecule has 0 aliphatic rings. The minimum Gasteiger partial charge on any atom is -0.492 e. The molecule has 2 amide bonds. The third-order valence-electron chi connectivity index (χ3n) is 4.35. The van der Waals surface area contributed by atoms with Crippen molar-refractivity contribution in [2.75, 3.05) is 19.8 Å². The van der Waals surface area contributed by atoms with Gasteiger partial charge in [0.15, 0.2) is 0 Å². The molecule has 0 radical (unpaired) electrons. The van der Waals surface area contributed by atoms with Gasteiger partial charge in [-0.3, -0.25) is 9.59 Å². The lowest BCUT2D eigenvalue weighted by molar-refractivity contribution is 0.0907. The quantitative estimate of drug-likeness (QED) is 0.562. The zero-order valence-corrected chi connectivity index (χ0v) is 19.1. The average molecular weight is 427 g/mol. The van der Waals surface area contributed by atoms with Gasteiger partial charge in [0.25, 0.3) is 11.8 Å². The standard InChI is InChI=1S/C25H34N2O4/c1-17(2)15-30-22-12-8-6-10-20(22)24(28)26-14-19(5)27-25(29)21-11-7-9-13-23(21)31-16-18(3)4/h6-13,17-19H,14-16H2,1-5H3,(H,26,28)(H,27,29)/t19-/m0/s1. The number of hydrogen-bond donors (Lipinski definition) is 2. The summed E-state index contributed by atoms with van der Waals surface area (Å²) in [6.45, 7) is 11.4. The molecule has 0 fully saturated rings. The highest BCUT2D eigenvalue weighted by Gasteiger charge is 2.17. The third kappa shape index (κ3) is 7.96. The molecule has 2 rings (SSSR count). The molecule has 0 aromatic heterocycles. The van der Waals surface area contributed by atoms with Crippen LogP contribution in [0.25, 0.3) is 0 Å². The van der Waals surface area contributed by atoms with Crippen molar-refractivity contribution in [1.29, 1.82) is 0 Å². The molecule has 2 aromatic rings. The number of rotatable bonds is 11.